The van der Waals surface area contributed by atoms with Crippen LogP contribution in [0.3, 0.4) is 0 Å². The molecule has 1 aromatic carbocycles. The van der Waals surface area contributed by atoms with Gasteiger partial charge in [-0.1, -0.05) is 19.1 Å². The highest BCUT2D eigenvalue weighted by Crippen LogP contribution is 2.67. The lowest BCUT2D eigenvalue weighted by Gasteiger charge is -2.57. The van der Waals surface area contributed by atoms with Crippen molar-refractivity contribution in [2.75, 3.05) is 0 Å². The van der Waals surface area contributed by atoms with Gasteiger partial charge >= 0.3 is 0 Å². The maximum atomic E-state index is 10.5. The highest BCUT2D eigenvalue weighted by molar-refractivity contribution is 5.42. The minimum atomic E-state index is -0.156. The van der Waals surface area contributed by atoms with Gasteiger partial charge in [0.05, 0.1) is 6.10 Å². The van der Waals surface area contributed by atoms with E-state index in [4.69, 9.17) is 0 Å². The fourth-order valence-corrected chi connectivity index (χ4v) is 6.09. The van der Waals surface area contributed by atoms with Gasteiger partial charge in [0.25, 0.3) is 0 Å². The van der Waals surface area contributed by atoms with Crippen LogP contribution in [0.1, 0.15) is 56.1 Å². The monoisotopic (exact) mass is 298 g/mol. The molecule has 0 aromatic heterocycles. The zero-order chi connectivity index (χ0) is 15.5. The Bertz CT molecular complexity index is 622. The van der Waals surface area contributed by atoms with E-state index in [-0.39, 0.29) is 16.9 Å². The van der Waals surface area contributed by atoms with Crippen molar-refractivity contribution in [1.29, 1.82) is 0 Å². The number of phenolic OH excluding ortho intramolecular Hbond substituents is 1. The largest absolute Gasteiger partial charge is 0.508 e. The molecule has 2 saturated carbocycles. The van der Waals surface area contributed by atoms with Crippen LogP contribution in [0.5, 0.6) is 5.75 Å². The molecule has 3 aliphatic rings. The van der Waals surface area contributed by atoms with Crippen molar-refractivity contribution >= 4 is 0 Å². The Labute approximate surface area is 132 Å². The lowest BCUT2D eigenvalue weighted by atomic mass is 9.47. The van der Waals surface area contributed by atoms with Crippen LogP contribution >= 0.6 is 0 Å². The van der Waals surface area contributed by atoms with Crippen LogP contribution in [0.2, 0.25) is 0 Å². The van der Waals surface area contributed by atoms with Crippen LogP contribution < -0.4 is 0 Å². The smallest absolute Gasteiger partial charge is 0.115 e. The molecule has 0 amide bonds. The van der Waals surface area contributed by atoms with E-state index in [9.17, 15) is 10.2 Å². The Hall–Kier alpha value is -1.28. The van der Waals surface area contributed by atoms with Crippen LogP contribution in [0.25, 0.3) is 0 Å². The Morgan fingerprint density at radius 1 is 1.23 bits per heavy atom. The normalized spacial score (nSPS) is 43.1. The maximum Gasteiger partial charge on any atom is 0.115 e. The van der Waals surface area contributed by atoms with Gasteiger partial charge in [-0.05, 0) is 84.5 Å². The zero-order valence-electron chi connectivity index (χ0n) is 13.4. The van der Waals surface area contributed by atoms with E-state index in [1.165, 1.54) is 11.1 Å². The fourth-order valence-electron chi connectivity index (χ4n) is 6.09. The first-order valence-corrected chi connectivity index (χ1v) is 8.65. The maximum absolute atomic E-state index is 10.5. The summed E-state index contributed by atoms with van der Waals surface area (Å²) < 4.78 is 0. The Kier molecular flexibility index (Phi) is 3.00. The van der Waals surface area contributed by atoms with Crippen molar-refractivity contribution < 1.29 is 10.2 Å². The van der Waals surface area contributed by atoms with Gasteiger partial charge in [0, 0.05) is 0 Å². The first-order valence-electron chi connectivity index (χ1n) is 8.65. The van der Waals surface area contributed by atoms with Gasteiger partial charge in [-0.15, -0.1) is 6.58 Å². The van der Waals surface area contributed by atoms with E-state index in [0.717, 1.165) is 38.5 Å². The summed E-state index contributed by atoms with van der Waals surface area (Å²) in [5.41, 5.74) is 2.89. The minimum Gasteiger partial charge on any atom is -0.508 e. The molecule has 0 spiro atoms. The molecule has 4 rings (SSSR count). The number of aromatic hydroxyl groups is 1. The Morgan fingerprint density at radius 3 is 2.82 bits per heavy atom. The van der Waals surface area contributed by atoms with Gasteiger partial charge in [-0.3, -0.25) is 0 Å². The molecule has 1 aromatic rings. The van der Waals surface area contributed by atoms with Crippen LogP contribution in [-0.2, 0) is 6.42 Å². The third kappa shape index (κ3) is 1.65. The molecule has 118 valence electrons. The predicted molar refractivity (Wildman–Crippen MR) is 87.9 cm³/mol. The number of hydrogen-bond acceptors (Lipinski definition) is 2. The molecular formula is C20H26O2. The third-order valence-electron chi connectivity index (χ3n) is 7.26. The van der Waals surface area contributed by atoms with E-state index < -0.39 is 0 Å². The van der Waals surface area contributed by atoms with Crippen LogP contribution in [0.15, 0.2) is 30.9 Å². The van der Waals surface area contributed by atoms with E-state index >= 15 is 0 Å². The summed E-state index contributed by atoms with van der Waals surface area (Å²) in [4.78, 5) is 0. The topological polar surface area (TPSA) is 40.5 Å². The lowest BCUT2D eigenvalue weighted by molar-refractivity contribution is -0.0528. The summed E-state index contributed by atoms with van der Waals surface area (Å²) >= 11 is 0. The molecule has 22 heavy (non-hydrogen) atoms. The molecule has 0 radical (unpaired) electrons. The first-order chi connectivity index (χ1) is 10.5. The quantitative estimate of drug-likeness (QED) is 0.764. The van der Waals surface area contributed by atoms with Crippen molar-refractivity contribution in [2.45, 2.75) is 57.5 Å². The van der Waals surface area contributed by atoms with Crippen LogP contribution in [-0.4, -0.2) is 16.3 Å². The second-order valence-corrected chi connectivity index (χ2v) is 7.94. The average molecular weight is 298 g/mol. The van der Waals surface area contributed by atoms with E-state index in [1.807, 2.05) is 12.1 Å². The fraction of sp³-hybridized carbons (Fsp3) is 0.600. The number of aryl methyl sites for hydroxylation is 1. The molecular weight excluding hydrogens is 272 g/mol. The molecule has 2 fully saturated rings. The lowest BCUT2D eigenvalue weighted by Crippen LogP contribution is -2.50. The Balaban J connectivity index is 1.83. The van der Waals surface area contributed by atoms with Crippen molar-refractivity contribution in [3.63, 3.8) is 0 Å². The number of phenols is 1. The molecule has 0 bridgehead atoms. The second kappa shape index (κ2) is 4.61. The van der Waals surface area contributed by atoms with Crippen LogP contribution in [0, 0.1) is 16.7 Å². The van der Waals surface area contributed by atoms with Crippen molar-refractivity contribution in [3.05, 3.63) is 42.0 Å². The van der Waals surface area contributed by atoms with E-state index in [1.54, 1.807) is 0 Å². The minimum absolute atomic E-state index is 0.0547. The second-order valence-electron chi connectivity index (χ2n) is 7.94. The summed E-state index contributed by atoms with van der Waals surface area (Å²) in [6, 6.07) is 5.90. The highest BCUT2D eigenvalue weighted by Gasteiger charge is 2.60. The van der Waals surface area contributed by atoms with Gasteiger partial charge < -0.3 is 10.2 Å². The molecule has 2 heteroatoms. The van der Waals surface area contributed by atoms with Crippen molar-refractivity contribution in [1.82, 2.24) is 0 Å². The molecule has 5 atom stereocenters. The number of benzene rings is 1. The molecule has 0 heterocycles. The van der Waals surface area contributed by atoms with Crippen molar-refractivity contribution in [3.8, 4) is 5.75 Å². The Morgan fingerprint density at radius 2 is 2.05 bits per heavy atom. The molecule has 2 nitrogen and oxygen atoms in total. The number of rotatable bonds is 1. The van der Waals surface area contributed by atoms with Gasteiger partial charge in [0.15, 0.2) is 0 Å². The summed E-state index contributed by atoms with van der Waals surface area (Å²) in [5, 5.41) is 20.3. The van der Waals surface area contributed by atoms with Crippen LogP contribution in [0.4, 0.5) is 0 Å². The molecule has 2 unspecified atom stereocenters. The van der Waals surface area contributed by atoms with E-state index in [0.29, 0.717) is 17.6 Å². The number of allylic oxidation sites excluding steroid dienone is 1. The summed E-state index contributed by atoms with van der Waals surface area (Å²) in [5.74, 6) is 1.41. The zero-order valence-corrected chi connectivity index (χ0v) is 13.4. The standard InChI is InChI=1S/C20H26O2/c1-3-20-11-8-13-12-14(21)4-5-15(13)16(20)9-10-19(2)17(20)6-7-18(19)22/h3-5,12,16-18,21-22H,1,6-11H2,2H3/t16?,17?,18-,19-,20+/m0/s1. The third-order valence-corrected chi connectivity index (χ3v) is 7.26. The van der Waals surface area contributed by atoms with Gasteiger partial charge in [0.2, 0.25) is 0 Å². The average Bonchev–Trinajstić information content (AvgIpc) is 2.82. The summed E-state index contributed by atoms with van der Waals surface area (Å²) in [6.07, 6.45) is 8.44. The number of fused-ring (bicyclic) bond motifs is 5. The molecule has 3 aliphatic carbocycles. The summed E-state index contributed by atoms with van der Waals surface area (Å²) in [7, 11) is 0. The summed E-state index contributed by atoms with van der Waals surface area (Å²) in [6.45, 7) is 6.53. The predicted octanol–water partition coefficient (Wildman–Crippen LogP) is 4.17. The number of aliphatic hydroxyl groups is 1. The van der Waals surface area contributed by atoms with Crippen molar-refractivity contribution in [2.24, 2.45) is 16.7 Å². The molecule has 0 aliphatic heterocycles. The number of aliphatic hydroxyl groups excluding tert-OH is 1. The highest BCUT2D eigenvalue weighted by atomic mass is 16.3. The molecule has 0 saturated heterocycles. The van der Waals surface area contributed by atoms with E-state index in [2.05, 4.69) is 25.6 Å². The SMILES string of the molecule is C=C[C@@]12CCc3cc(O)ccc3C1CC[C@@]1(C)C2CC[C@@H]1O. The van der Waals surface area contributed by atoms with Gasteiger partial charge in [-0.2, -0.15) is 0 Å². The molecule has 2 N–H and O–H groups in total. The first kappa shape index (κ1) is 14.3. The number of hydrogen-bond donors (Lipinski definition) is 2. The van der Waals surface area contributed by atoms with Gasteiger partial charge in [-0.25, -0.2) is 0 Å². The van der Waals surface area contributed by atoms with Gasteiger partial charge in [0.1, 0.15) is 5.75 Å².